The smallest absolute Gasteiger partial charge is 0.160 e. The predicted molar refractivity (Wildman–Crippen MR) is 117 cm³/mol. The van der Waals surface area contributed by atoms with Gasteiger partial charge in [0.15, 0.2) is 11.5 Å². The number of hydrogen-bond acceptors (Lipinski definition) is 4. The highest BCUT2D eigenvalue weighted by Crippen LogP contribution is 2.27. The molecular formula is C24H25ClFNO3. The molecule has 30 heavy (non-hydrogen) atoms. The van der Waals surface area contributed by atoms with E-state index in [4.69, 9.17) is 25.8 Å². The number of halogens is 2. The first-order valence-electron chi connectivity index (χ1n) is 9.66. The van der Waals surface area contributed by atoms with E-state index < -0.39 is 0 Å². The Morgan fingerprint density at radius 1 is 0.900 bits per heavy atom. The molecule has 0 amide bonds. The summed E-state index contributed by atoms with van der Waals surface area (Å²) in [5.41, 5.74) is 3.04. The maximum Gasteiger partial charge on any atom is 0.160 e. The van der Waals surface area contributed by atoms with Crippen LogP contribution in [0.5, 0.6) is 17.2 Å². The maximum atomic E-state index is 13.1. The molecule has 0 aliphatic heterocycles. The van der Waals surface area contributed by atoms with Crippen molar-refractivity contribution in [1.82, 2.24) is 5.32 Å². The lowest BCUT2D eigenvalue weighted by Gasteiger charge is -2.11. The van der Waals surface area contributed by atoms with Crippen LogP contribution in [0.4, 0.5) is 4.39 Å². The van der Waals surface area contributed by atoms with Crippen LogP contribution in [0, 0.1) is 5.82 Å². The van der Waals surface area contributed by atoms with E-state index >= 15 is 0 Å². The molecule has 6 heteroatoms. The van der Waals surface area contributed by atoms with Crippen molar-refractivity contribution >= 4 is 11.6 Å². The summed E-state index contributed by atoms with van der Waals surface area (Å²) >= 11 is 6.05. The Hall–Kier alpha value is -2.76. The molecule has 0 unspecified atom stereocenters. The Labute approximate surface area is 181 Å². The van der Waals surface area contributed by atoms with Gasteiger partial charge in [0.05, 0.1) is 19.2 Å². The molecule has 3 aromatic rings. The summed E-state index contributed by atoms with van der Waals surface area (Å²) in [5.74, 6) is 1.86. The summed E-state index contributed by atoms with van der Waals surface area (Å²) in [5, 5.41) is 3.81. The Balaban J connectivity index is 1.48. The van der Waals surface area contributed by atoms with Crippen LogP contribution in [0.15, 0.2) is 60.7 Å². The highest BCUT2D eigenvalue weighted by molar-refractivity contribution is 6.31. The minimum atomic E-state index is -0.357. The maximum absolute atomic E-state index is 13.1. The molecule has 0 heterocycles. The van der Waals surface area contributed by atoms with E-state index in [1.807, 2.05) is 42.5 Å². The fourth-order valence-corrected chi connectivity index (χ4v) is 3.27. The quantitative estimate of drug-likeness (QED) is 0.437. The monoisotopic (exact) mass is 429 g/mol. The molecule has 0 saturated heterocycles. The predicted octanol–water partition coefficient (Wildman–Crippen LogP) is 5.41. The summed E-state index contributed by atoms with van der Waals surface area (Å²) in [6.07, 6.45) is 0.875. The molecule has 0 saturated carbocycles. The third-order valence-corrected chi connectivity index (χ3v) is 5.03. The van der Waals surface area contributed by atoms with Gasteiger partial charge in [0.25, 0.3) is 0 Å². The van der Waals surface area contributed by atoms with Gasteiger partial charge in [0.2, 0.25) is 0 Å². The van der Waals surface area contributed by atoms with Crippen molar-refractivity contribution in [2.75, 3.05) is 20.8 Å². The topological polar surface area (TPSA) is 39.7 Å². The molecule has 158 valence electrons. The van der Waals surface area contributed by atoms with Gasteiger partial charge in [-0.1, -0.05) is 35.9 Å². The zero-order valence-electron chi connectivity index (χ0n) is 17.1. The lowest BCUT2D eigenvalue weighted by atomic mass is 10.1. The van der Waals surface area contributed by atoms with Crippen molar-refractivity contribution in [3.63, 3.8) is 0 Å². The fraction of sp³-hybridized carbons (Fsp3) is 0.250. The van der Waals surface area contributed by atoms with Gasteiger partial charge in [-0.2, -0.15) is 0 Å². The van der Waals surface area contributed by atoms with Crippen LogP contribution >= 0.6 is 11.6 Å². The van der Waals surface area contributed by atoms with Crippen LogP contribution in [0.3, 0.4) is 0 Å². The average Bonchev–Trinajstić information content (AvgIpc) is 2.76. The van der Waals surface area contributed by atoms with Crippen LogP contribution in [0.2, 0.25) is 5.02 Å². The van der Waals surface area contributed by atoms with Crippen LogP contribution in [0.1, 0.15) is 16.7 Å². The average molecular weight is 430 g/mol. The number of ether oxygens (including phenoxy) is 3. The molecule has 1 N–H and O–H groups in total. The van der Waals surface area contributed by atoms with E-state index in [0.717, 1.165) is 47.9 Å². The van der Waals surface area contributed by atoms with Crippen molar-refractivity contribution in [2.45, 2.75) is 19.6 Å². The lowest BCUT2D eigenvalue weighted by Crippen LogP contribution is -2.16. The van der Waals surface area contributed by atoms with Crippen LogP contribution in [0.25, 0.3) is 0 Å². The minimum Gasteiger partial charge on any atom is -0.493 e. The molecule has 0 aliphatic rings. The molecule has 0 aliphatic carbocycles. The van der Waals surface area contributed by atoms with Gasteiger partial charge in [-0.3, -0.25) is 0 Å². The Kier molecular flexibility index (Phi) is 7.94. The zero-order chi connectivity index (χ0) is 21.3. The van der Waals surface area contributed by atoms with Gasteiger partial charge in [-0.15, -0.1) is 0 Å². The summed E-state index contributed by atoms with van der Waals surface area (Å²) < 4.78 is 29.6. The summed E-state index contributed by atoms with van der Waals surface area (Å²) in [4.78, 5) is 0. The first-order valence-corrected chi connectivity index (χ1v) is 10.0. The molecular weight excluding hydrogens is 405 g/mol. The van der Waals surface area contributed by atoms with Crippen molar-refractivity contribution in [2.24, 2.45) is 0 Å². The van der Waals surface area contributed by atoms with Crippen molar-refractivity contribution < 1.29 is 18.6 Å². The molecule has 0 bridgehead atoms. The van der Waals surface area contributed by atoms with Gasteiger partial charge in [0, 0.05) is 12.1 Å². The Morgan fingerprint density at radius 3 is 2.50 bits per heavy atom. The van der Waals surface area contributed by atoms with Gasteiger partial charge < -0.3 is 19.5 Å². The van der Waals surface area contributed by atoms with Crippen molar-refractivity contribution in [1.29, 1.82) is 0 Å². The third kappa shape index (κ3) is 6.12. The van der Waals surface area contributed by atoms with Crippen LogP contribution < -0.4 is 19.5 Å². The van der Waals surface area contributed by atoms with Crippen LogP contribution in [-0.4, -0.2) is 20.8 Å². The summed E-state index contributed by atoms with van der Waals surface area (Å²) in [6.45, 7) is 1.84. The van der Waals surface area contributed by atoms with E-state index in [9.17, 15) is 4.39 Å². The third-order valence-electron chi connectivity index (χ3n) is 4.68. The minimum absolute atomic E-state index is 0.287. The van der Waals surface area contributed by atoms with E-state index in [1.165, 1.54) is 17.7 Å². The first-order chi connectivity index (χ1) is 14.6. The normalized spacial score (nSPS) is 10.7. The molecule has 0 fully saturated rings. The molecule has 0 radical (unpaired) electrons. The summed E-state index contributed by atoms with van der Waals surface area (Å²) in [6, 6.07) is 18.1. The second-order valence-corrected chi connectivity index (χ2v) is 7.20. The molecule has 0 atom stereocenters. The van der Waals surface area contributed by atoms with E-state index in [1.54, 1.807) is 20.3 Å². The van der Waals surface area contributed by atoms with E-state index in [0.29, 0.717) is 5.02 Å². The molecule has 4 nitrogen and oxygen atoms in total. The number of hydrogen-bond donors (Lipinski definition) is 1. The SMILES string of the molecule is COc1ccc(CCNCc2cccc(OCc3ccc(F)cc3Cl)c2)cc1OC. The van der Waals surface area contributed by atoms with E-state index in [-0.39, 0.29) is 12.4 Å². The van der Waals surface area contributed by atoms with Gasteiger partial charge in [0.1, 0.15) is 18.2 Å². The highest BCUT2D eigenvalue weighted by Gasteiger charge is 2.06. The van der Waals surface area contributed by atoms with Gasteiger partial charge >= 0.3 is 0 Å². The fourth-order valence-electron chi connectivity index (χ4n) is 3.05. The zero-order valence-corrected chi connectivity index (χ0v) is 17.8. The molecule has 0 aromatic heterocycles. The van der Waals surface area contributed by atoms with Crippen molar-refractivity contribution in [3.05, 3.63) is 88.2 Å². The summed E-state index contributed by atoms with van der Waals surface area (Å²) in [7, 11) is 3.27. The molecule has 0 spiro atoms. The van der Waals surface area contributed by atoms with Crippen molar-refractivity contribution in [3.8, 4) is 17.2 Å². The number of nitrogens with one attached hydrogen (secondary N) is 1. The lowest BCUT2D eigenvalue weighted by molar-refractivity contribution is 0.306. The first kappa shape index (κ1) is 21.9. The van der Waals surface area contributed by atoms with Gasteiger partial charge in [-0.05, 0) is 60.5 Å². The number of benzene rings is 3. The largest absolute Gasteiger partial charge is 0.493 e. The van der Waals surface area contributed by atoms with E-state index in [2.05, 4.69) is 5.32 Å². The highest BCUT2D eigenvalue weighted by atomic mass is 35.5. The standard InChI is InChI=1S/C24H25ClFNO3/c1-28-23-9-6-17(13-24(23)29-2)10-11-27-15-18-4-3-5-21(12-18)30-16-19-7-8-20(26)14-22(19)25/h3-9,12-14,27H,10-11,15-16H2,1-2H3. The van der Waals surface area contributed by atoms with Gasteiger partial charge in [-0.25, -0.2) is 4.39 Å². The van der Waals surface area contributed by atoms with Crippen LogP contribution in [-0.2, 0) is 19.6 Å². The Morgan fingerprint density at radius 2 is 1.73 bits per heavy atom. The second kappa shape index (κ2) is 10.9. The molecule has 3 aromatic carbocycles. The Bertz CT molecular complexity index is 980. The number of methoxy groups -OCH3 is 2. The second-order valence-electron chi connectivity index (χ2n) is 6.79. The molecule has 3 rings (SSSR count). The number of rotatable bonds is 10.